The molecule has 25 heavy (non-hydrogen) atoms. The van der Waals surface area contributed by atoms with Gasteiger partial charge in [0.1, 0.15) is 5.69 Å². The Hall–Kier alpha value is -2.31. The lowest BCUT2D eigenvalue weighted by Gasteiger charge is -2.27. The monoisotopic (exact) mass is 352 g/mol. The van der Waals surface area contributed by atoms with Gasteiger partial charge in [-0.3, -0.25) is 9.59 Å². The molecule has 0 N–H and O–H groups in total. The van der Waals surface area contributed by atoms with Crippen LogP contribution >= 0.6 is 0 Å². The summed E-state index contributed by atoms with van der Waals surface area (Å²) in [7, 11) is 0. The van der Waals surface area contributed by atoms with Crippen molar-refractivity contribution in [2.24, 2.45) is 0 Å². The summed E-state index contributed by atoms with van der Waals surface area (Å²) in [6.45, 7) is 3.79. The number of halogens is 3. The minimum atomic E-state index is -4.64. The third kappa shape index (κ3) is 3.27. The molecule has 0 spiro atoms. The molecule has 2 aromatic rings. The maximum Gasteiger partial charge on any atom is 0.431 e. The van der Waals surface area contributed by atoms with Crippen molar-refractivity contribution in [2.75, 3.05) is 6.54 Å². The molecule has 0 bridgehead atoms. The zero-order chi connectivity index (χ0) is 18.4. The number of aryl methyl sites for hydroxylation is 1. The third-order valence-corrected chi connectivity index (χ3v) is 4.73. The first kappa shape index (κ1) is 17.5. The maximum atomic E-state index is 13.5. The van der Waals surface area contributed by atoms with E-state index >= 15 is 0 Å². The number of alkyl halides is 3. The van der Waals surface area contributed by atoms with Crippen molar-refractivity contribution in [1.82, 2.24) is 9.47 Å². The van der Waals surface area contributed by atoms with Gasteiger partial charge in [-0.2, -0.15) is 13.2 Å². The molecule has 3 rings (SSSR count). The minimum Gasteiger partial charge on any atom is -0.338 e. The Labute approximate surface area is 142 Å². The average Bonchev–Trinajstić information content (AvgIpc) is 2.97. The largest absolute Gasteiger partial charge is 0.431 e. The number of carbonyl (C=O) groups is 1. The van der Waals surface area contributed by atoms with Crippen molar-refractivity contribution in [2.45, 2.75) is 45.5 Å². The summed E-state index contributed by atoms with van der Waals surface area (Å²) in [5.74, 6) is -0.141. The van der Waals surface area contributed by atoms with Crippen LogP contribution in [0, 0.1) is 6.92 Å². The van der Waals surface area contributed by atoms with Crippen LogP contribution in [0.2, 0.25) is 0 Å². The number of benzene rings is 1. The van der Waals surface area contributed by atoms with E-state index in [-0.39, 0.29) is 29.4 Å². The molecule has 1 aliphatic rings. The summed E-state index contributed by atoms with van der Waals surface area (Å²) in [4.78, 5) is 25.5. The summed E-state index contributed by atoms with van der Waals surface area (Å²) >= 11 is 0. The molecule has 0 radical (unpaired) electrons. The zero-order valence-corrected chi connectivity index (χ0v) is 14.1. The molecule has 1 saturated heterocycles. The highest BCUT2D eigenvalue weighted by atomic mass is 19.4. The van der Waals surface area contributed by atoms with E-state index in [1.807, 2.05) is 0 Å². The molecule has 1 fully saturated rings. The van der Waals surface area contributed by atoms with Gasteiger partial charge < -0.3 is 9.47 Å². The van der Waals surface area contributed by atoms with E-state index in [0.717, 1.165) is 16.6 Å². The van der Waals surface area contributed by atoms with Gasteiger partial charge in [0.15, 0.2) is 5.43 Å². The number of carbonyl (C=O) groups excluding carboxylic acids is 1. The van der Waals surface area contributed by atoms with Crippen LogP contribution in [0.5, 0.6) is 0 Å². The van der Waals surface area contributed by atoms with Crippen molar-refractivity contribution < 1.29 is 18.0 Å². The summed E-state index contributed by atoms with van der Waals surface area (Å²) < 4.78 is 41.7. The van der Waals surface area contributed by atoms with Gasteiger partial charge in [-0.1, -0.05) is 11.6 Å². The Morgan fingerprint density at radius 1 is 1.28 bits per heavy atom. The quantitative estimate of drug-likeness (QED) is 0.832. The molecule has 1 aromatic heterocycles. The molecule has 134 valence electrons. The first-order chi connectivity index (χ1) is 11.7. The molecule has 1 amide bonds. The molecular weight excluding hydrogens is 333 g/mol. The summed E-state index contributed by atoms with van der Waals surface area (Å²) in [6.07, 6.45) is -3.23. The van der Waals surface area contributed by atoms with Crippen LogP contribution in [0.1, 0.15) is 31.0 Å². The second kappa shape index (κ2) is 6.20. The predicted molar refractivity (Wildman–Crippen MR) is 88.4 cm³/mol. The topological polar surface area (TPSA) is 42.3 Å². The van der Waals surface area contributed by atoms with Crippen molar-refractivity contribution in [3.63, 3.8) is 0 Å². The summed E-state index contributed by atoms with van der Waals surface area (Å²) in [6, 6.07) is 5.20. The van der Waals surface area contributed by atoms with Crippen molar-refractivity contribution in [1.29, 1.82) is 0 Å². The number of nitrogens with zero attached hydrogens (tertiary/aromatic N) is 2. The molecule has 0 aliphatic carbocycles. The Kier molecular flexibility index (Phi) is 4.34. The number of amides is 1. The number of rotatable bonds is 2. The van der Waals surface area contributed by atoms with Crippen LogP contribution in [-0.4, -0.2) is 28.0 Å². The Morgan fingerprint density at radius 2 is 2.00 bits per heavy atom. The van der Waals surface area contributed by atoms with Gasteiger partial charge in [-0.15, -0.1) is 0 Å². The van der Waals surface area contributed by atoms with Crippen LogP contribution in [0.15, 0.2) is 29.1 Å². The molecule has 2 heterocycles. The number of hydrogen-bond donors (Lipinski definition) is 0. The molecule has 1 unspecified atom stereocenters. The lowest BCUT2D eigenvalue weighted by atomic mass is 10.1. The average molecular weight is 352 g/mol. The second-order valence-corrected chi connectivity index (χ2v) is 6.53. The molecule has 0 saturated carbocycles. The maximum absolute atomic E-state index is 13.5. The third-order valence-electron chi connectivity index (χ3n) is 4.73. The van der Waals surface area contributed by atoms with Gasteiger partial charge >= 0.3 is 6.18 Å². The lowest BCUT2D eigenvalue weighted by molar-refractivity contribution is -0.144. The zero-order valence-electron chi connectivity index (χ0n) is 14.1. The molecule has 1 aliphatic heterocycles. The fourth-order valence-electron chi connectivity index (χ4n) is 3.57. The van der Waals surface area contributed by atoms with Crippen molar-refractivity contribution >= 4 is 16.8 Å². The van der Waals surface area contributed by atoms with Gasteiger partial charge in [0.25, 0.3) is 0 Å². The Morgan fingerprint density at radius 3 is 2.64 bits per heavy atom. The minimum absolute atomic E-state index is 0.0221. The first-order valence-electron chi connectivity index (χ1n) is 8.17. The van der Waals surface area contributed by atoms with E-state index in [9.17, 15) is 22.8 Å². The van der Waals surface area contributed by atoms with E-state index in [4.69, 9.17) is 0 Å². The van der Waals surface area contributed by atoms with Crippen LogP contribution in [0.3, 0.4) is 0 Å². The molecule has 7 heteroatoms. The van der Waals surface area contributed by atoms with Crippen LogP contribution < -0.4 is 5.43 Å². The van der Waals surface area contributed by atoms with Crippen LogP contribution in [-0.2, 0) is 17.5 Å². The lowest BCUT2D eigenvalue weighted by Crippen LogP contribution is -2.38. The SMILES string of the molecule is CC(=O)N1CCCC1Cn1c(C(F)(F)F)cc(=O)c2cc(C)ccc21. The van der Waals surface area contributed by atoms with Gasteiger partial charge in [-0.25, -0.2) is 0 Å². The molecule has 1 aromatic carbocycles. The highest BCUT2D eigenvalue weighted by Gasteiger charge is 2.37. The Bertz CT molecular complexity index is 886. The van der Waals surface area contributed by atoms with Crippen molar-refractivity contribution in [3.8, 4) is 0 Å². The highest BCUT2D eigenvalue weighted by molar-refractivity contribution is 5.80. The number of hydrogen-bond acceptors (Lipinski definition) is 2. The smallest absolute Gasteiger partial charge is 0.338 e. The van der Waals surface area contributed by atoms with Gasteiger partial charge in [0.2, 0.25) is 5.91 Å². The number of pyridine rings is 1. The van der Waals surface area contributed by atoms with E-state index in [1.165, 1.54) is 6.92 Å². The molecule has 4 nitrogen and oxygen atoms in total. The number of aromatic nitrogens is 1. The van der Waals surface area contributed by atoms with Gasteiger partial charge in [0, 0.05) is 37.5 Å². The predicted octanol–water partition coefficient (Wildman–Crippen LogP) is 3.34. The van der Waals surface area contributed by atoms with E-state index in [0.29, 0.717) is 19.0 Å². The summed E-state index contributed by atoms with van der Waals surface area (Å²) in [5.41, 5.74) is -0.552. The van der Waals surface area contributed by atoms with E-state index < -0.39 is 17.3 Å². The van der Waals surface area contributed by atoms with Crippen LogP contribution in [0.4, 0.5) is 13.2 Å². The molecule has 1 atom stereocenters. The first-order valence-corrected chi connectivity index (χ1v) is 8.17. The van der Waals surface area contributed by atoms with Gasteiger partial charge in [0.05, 0.1) is 5.52 Å². The van der Waals surface area contributed by atoms with Crippen LogP contribution in [0.25, 0.3) is 10.9 Å². The fourth-order valence-corrected chi connectivity index (χ4v) is 3.57. The number of fused-ring (bicyclic) bond motifs is 1. The van der Waals surface area contributed by atoms with Gasteiger partial charge in [-0.05, 0) is 31.9 Å². The Balaban J connectivity index is 2.19. The normalized spacial score (nSPS) is 18.1. The van der Waals surface area contributed by atoms with Crippen molar-refractivity contribution in [3.05, 3.63) is 45.7 Å². The van der Waals surface area contributed by atoms with E-state index in [1.54, 1.807) is 30.0 Å². The second-order valence-electron chi connectivity index (χ2n) is 6.53. The standard InChI is InChI=1S/C18H19F3N2O2/c1-11-5-6-15-14(8-11)16(25)9-17(18(19,20)21)23(15)10-13-4-3-7-22(13)12(2)24/h5-6,8-9,13H,3-4,7,10H2,1-2H3. The fraction of sp³-hybridized carbons (Fsp3) is 0.444. The molecular formula is C18H19F3N2O2. The van der Waals surface area contributed by atoms with E-state index in [2.05, 4.69) is 0 Å². The number of likely N-dealkylation sites (tertiary alicyclic amines) is 1. The summed E-state index contributed by atoms with van der Waals surface area (Å²) in [5, 5.41) is 0.264. The highest BCUT2D eigenvalue weighted by Crippen LogP contribution is 2.32.